The first kappa shape index (κ1) is 24.0. The Labute approximate surface area is 201 Å². The Morgan fingerprint density at radius 1 is 0.971 bits per heavy atom. The summed E-state index contributed by atoms with van der Waals surface area (Å²) >= 11 is 0. The molecule has 7 heteroatoms. The molecular formula is C27H30N2O4S. The SMILES string of the molecule is COc1ccc2c(c1)CCN(S(=O)(=O)CCCNC(=O)Cc1ccc(-c3ccccc3)cc1)C2. The van der Waals surface area contributed by atoms with Crippen molar-refractivity contribution in [1.29, 1.82) is 0 Å². The Balaban J connectivity index is 1.22. The summed E-state index contributed by atoms with van der Waals surface area (Å²) in [7, 11) is -1.75. The van der Waals surface area contributed by atoms with Gasteiger partial charge in [0.15, 0.2) is 0 Å². The number of hydrogen-bond acceptors (Lipinski definition) is 4. The minimum atomic E-state index is -3.38. The summed E-state index contributed by atoms with van der Waals surface area (Å²) in [5.41, 5.74) is 5.32. The van der Waals surface area contributed by atoms with Crippen LogP contribution in [0, 0.1) is 0 Å². The van der Waals surface area contributed by atoms with E-state index in [1.54, 1.807) is 7.11 Å². The van der Waals surface area contributed by atoms with Gasteiger partial charge in [0.2, 0.25) is 15.9 Å². The van der Waals surface area contributed by atoms with Crippen molar-refractivity contribution in [2.24, 2.45) is 0 Å². The van der Waals surface area contributed by atoms with E-state index < -0.39 is 10.0 Å². The number of sulfonamides is 1. The fourth-order valence-electron chi connectivity index (χ4n) is 4.17. The van der Waals surface area contributed by atoms with Crippen molar-refractivity contribution < 1.29 is 17.9 Å². The molecule has 3 aromatic carbocycles. The Morgan fingerprint density at radius 3 is 2.44 bits per heavy atom. The van der Waals surface area contributed by atoms with Gasteiger partial charge >= 0.3 is 0 Å². The van der Waals surface area contributed by atoms with Gasteiger partial charge in [-0.25, -0.2) is 8.42 Å². The summed E-state index contributed by atoms with van der Waals surface area (Å²) in [5, 5.41) is 2.85. The summed E-state index contributed by atoms with van der Waals surface area (Å²) in [6, 6.07) is 23.8. The predicted octanol–water partition coefficient (Wildman–Crippen LogP) is 3.80. The maximum absolute atomic E-state index is 12.8. The van der Waals surface area contributed by atoms with Gasteiger partial charge in [0, 0.05) is 19.6 Å². The second-order valence-electron chi connectivity index (χ2n) is 8.48. The summed E-state index contributed by atoms with van der Waals surface area (Å²) in [6.45, 7) is 1.18. The molecule has 0 aromatic heterocycles. The zero-order chi connectivity index (χ0) is 24.0. The molecule has 1 heterocycles. The summed E-state index contributed by atoms with van der Waals surface area (Å²) in [4.78, 5) is 12.3. The Bertz CT molecular complexity index is 1230. The number of carbonyl (C=O) groups is 1. The predicted molar refractivity (Wildman–Crippen MR) is 134 cm³/mol. The molecule has 178 valence electrons. The monoisotopic (exact) mass is 478 g/mol. The van der Waals surface area contributed by atoms with Gasteiger partial charge in [0.25, 0.3) is 0 Å². The first-order valence-electron chi connectivity index (χ1n) is 11.5. The molecule has 3 aromatic rings. The number of nitrogens with zero attached hydrogens (tertiary/aromatic N) is 1. The van der Waals surface area contributed by atoms with Gasteiger partial charge in [-0.05, 0) is 52.8 Å². The minimum Gasteiger partial charge on any atom is -0.497 e. The number of fused-ring (bicyclic) bond motifs is 1. The highest BCUT2D eigenvalue weighted by molar-refractivity contribution is 7.89. The molecule has 0 aliphatic carbocycles. The van der Waals surface area contributed by atoms with E-state index in [4.69, 9.17) is 4.74 Å². The fraction of sp³-hybridized carbons (Fsp3) is 0.296. The summed E-state index contributed by atoms with van der Waals surface area (Å²) < 4.78 is 32.4. The lowest BCUT2D eigenvalue weighted by Gasteiger charge is -2.28. The molecule has 0 saturated carbocycles. The van der Waals surface area contributed by atoms with Crippen LogP contribution in [0.2, 0.25) is 0 Å². The van der Waals surface area contributed by atoms with Gasteiger partial charge in [-0.15, -0.1) is 0 Å². The quantitative estimate of drug-likeness (QED) is 0.475. The van der Waals surface area contributed by atoms with Crippen molar-refractivity contribution in [3.8, 4) is 16.9 Å². The number of hydrogen-bond donors (Lipinski definition) is 1. The first-order valence-corrected chi connectivity index (χ1v) is 13.1. The van der Waals surface area contributed by atoms with E-state index in [1.165, 1.54) is 4.31 Å². The third-order valence-electron chi connectivity index (χ3n) is 6.11. The minimum absolute atomic E-state index is 0.0184. The van der Waals surface area contributed by atoms with Crippen LogP contribution in [0.4, 0.5) is 0 Å². The van der Waals surface area contributed by atoms with Crippen molar-refractivity contribution >= 4 is 15.9 Å². The van der Waals surface area contributed by atoms with Gasteiger partial charge in [-0.3, -0.25) is 4.79 Å². The Kier molecular flexibility index (Phi) is 7.65. The van der Waals surface area contributed by atoms with E-state index in [1.807, 2.05) is 60.7 Å². The molecule has 6 nitrogen and oxygen atoms in total. The second-order valence-corrected chi connectivity index (χ2v) is 10.6. The van der Waals surface area contributed by atoms with Crippen LogP contribution in [0.1, 0.15) is 23.1 Å². The zero-order valence-electron chi connectivity index (χ0n) is 19.4. The largest absolute Gasteiger partial charge is 0.497 e. The van der Waals surface area contributed by atoms with Crippen LogP contribution in [-0.2, 0) is 34.2 Å². The van der Waals surface area contributed by atoms with Crippen LogP contribution < -0.4 is 10.1 Å². The number of nitrogens with one attached hydrogen (secondary N) is 1. The van der Waals surface area contributed by atoms with E-state index in [-0.39, 0.29) is 18.1 Å². The summed E-state index contributed by atoms with van der Waals surface area (Å²) in [6.07, 6.45) is 1.33. The van der Waals surface area contributed by atoms with E-state index in [0.717, 1.165) is 33.6 Å². The third-order valence-corrected chi connectivity index (χ3v) is 8.01. The lowest BCUT2D eigenvalue weighted by Crippen LogP contribution is -2.38. The molecule has 0 spiro atoms. The molecule has 0 atom stereocenters. The van der Waals surface area contributed by atoms with Gasteiger partial charge in [-0.2, -0.15) is 4.31 Å². The number of ether oxygens (including phenoxy) is 1. The molecule has 0 radical (unpaired) electrons. The average Bonchev–Trinajstić information content (AvgIpc) is 2.87. The van der Waals surface area contributed by atoms with Crippen molar-refractivity contribution in [2.45, 2.75) is 25.8 Å². The molecule has 0 fully saturated rings. The lowest BCUT2D eigenvalue weighted by atomic mass is 10.0. The Hall–Kier alpha value is -3.16. The Morgan fingerprint density at radius 2 is 1.71 bits per heavy atom. The van der Waals surface area contributed by atoms with Gasteiger partial charge < -0.3 is 10.1 Å². The van der Waals surface area contributed by atoms with Gasteiger partial charge in [-0.1, -0.05) is 60.7 Å². The maximum atomic E-state index is 12.8. The number of benzene rings is 3. The van der Waals surface area contributed by atoms with Crippen LogP contribution in [0.5, 0.6) is 5.75 Å². The molecule has 1 aliphatic rings. The summed E-state index contributed by atoms with van der Waals surface area (Å²) in [5.74, 6) is 0.702. The van der Waals surface area contributed by atoms with Crippen LogP contribution in [0.3, 0.4) is 0 Å². The van der Waals surface area contributed by atoms with E-state index in [2.05, 4.69) is 17.4 Å². The molecule has 34 heavy (non-hydrogen) atoms. The van der Waals surface area contributed by atoms with Crippen LogP contribution >= 0.6 is 0 Å². The molecule has 1 amide bonds. The van der Waals surface area contributed by atoms with Crippen molar-refractivity contribution in [3.63, 3.8) is 0 Å². The smallest absolute Gasteiger partial charge is 0.224 e. The molecule has 0 unspecified atom stereocenters. The number of methoxy groups -OCH3 is 1. The normalized spacial score (nSPS) is 13.8. The van der Waals surface area contributed by atoms with Crippen LogP contribution in [0.15, 0.2) is 72.8 Å². The van der Waals surface area contributed by atoms with E-state index >= 15 is 0 Å². The zero-order valence-corrected chi connectivity index (χ0v) is 20.2. The van der Waals surface area contributed by atoms with Crippen LogP contribution in [-0.4, -0.2) is 44.6 Å². The van der Waals surface area contributed by atoms with Gasteiger partial charge in [0.05, 0.1) is 19.3 Å². The highest BCUT2D eigenvalue weighted by Crippen LogP contribution is 2.25. The maximum Gasteiger partial charge on any atom is 0.224 e. The third kappa shape index (κ3) is 6.04. The number of carbonyl (C=O) groups excluding carboxylic acids is 1. The molecule has 1 N–H and O–H groups in total. The molecule has 0 bridgehead atoms. The standard InChI is InChI=1S/C27H30N2O4S/c1-33-26-13-12-25-20-29(16-14-24(25)19-26)34(31,32)17-5-15-28-27(30)18-21-8-10-23(11-9-21)22-6-3-2-4-7-22/h2-4,6-13,19H,5,14-18,20H2,1H3,(H,28,30). The molecule has 4 rings (SSSR count). The number of rotatable bonds is 9. The average molecular weight is 479 g/mol. The highest BCUT2D eigenvalue weighted by atomic mass is 32.2. The molecule has 0 saturated heterocycles. The van der Waals surface area contributed by atoms with Crippen molar-refractivity contribution in [2.75, 3.05) is 26.0 Å². The lowest BCUT2D eigenvalue weighted by molar-refractivity contribution is -0.120. The number of amides is 1. The van der Waals surface area contributed by atoms with Crippen LogP contribution in [0.25, 0.3) is 11.1 Å². The fourth-order valence-corrected chi connectivity index (χ4v) is 5.65. The van der Waals surface area contributed by atoms with E-state index in [9.17, 15) is 13.2 Å². The molecule has 1 aliphatic heterocycles. The van der Waals surface area contributed by atoms with Crippen molar-refractivity contribution in [1.82, 2.24) is 9.62 Å². The topological polar surface area (TPSA) is 75.7 Å². The highest BCUT2D eigenvalue weighted by Gasteiger charge is 2.26. The first-order chi connectivity index (χ1) is 16.4. The van der Waals surface area contributed by atoms with Gasteiger partial charge in [0.1, 0.15) is 5.75 Å². The van der Waals surface area contributed by atoms with Crippen molar-refractivity contribution in [3.05, 3.63) is 89.5 Å². The van der Waals surface area contributed by atoms with E-state index in [0.29, 0.717) is 32.5 Å². The second kappa shape index (κ2) is 10.8. The molecular weight excluding hydrogens is 448 g/mol.